The van der Waals surface area contributed by atoms with Gasteiger partial charge in [0, 0.05) is 38.4 Å². The highest BCUT2D eigenvalue weighted by atomic mass is 16.2. The Bertz CT molecular complexity index is 308. The number of nitrogens with two attached hydrogens (primary N) is 1. The third-order valence-corrected chi connectivity index (χ3v) is 2.46. The molecular formula is C11H20N4O. The van der Waals surface area contributed by atoms with Gasteiger partial charge in [-0.25, -0.2) is 0 Å². The van der Waals surface area contributed by atoms with E-state index in [9.17, 15) is 4.79 Å². The van der Waals surface area contributed by atoms with Crippen molar-refractivity contribution in [3.05, 3.63) is 18.5 Å². The Balaban J connectivity index is 2.23. The minimum atomic E-state index is 0.0865. The lowest BCUT2D eigenvalue weighted by atomic mass is 10.2. The fourth-order valence-electron chi connectivity index (χ4n) is 1.35. The van der Waals surface area contributed by atoms with E-state index in [0.29, 0.717) is 13.0 Å². The van der Waals surface area contributed by atoms with Gasteiger partial charge in [-0.1, -0.05) is 0 Å². The Morgan fingerprint density at radius 2 is 2.38 bits per heavy atom. The standard InChI is InChI=1S/C11H20N4O/c1-10(12)4-5-11(16)14(2)8-9-15-7-3-6-13-15/h3,6-7,10H,4-5,8-9,12H2,1-2H3. The molecule has 0 saturated heterocycles. The second-order valence-electron chi connectivity index (χ2n) is 4.10. The first-order valence-corrected chi connectivity index (χ1v) is 5.56. The Hall–Kier alpha value is -1.36. The highest BCUT2D eigenvalue weighted by Gasteiger charge is 2.09. The molecule has 5 nitrogen and oxygen atoms in total. The molecule has 0 aliphatic rings. The van der Waals surface area contributed by atoms with E-state index in [1.54, 1.807) is 11.1 Å². The van der Waals surface area contributed by atoms with E-state index in [-0.39, 0.29) is 11.9 Å². The monoisotopic (exact) mass is 224 g/mol. The summed E-state index contributed by atoms with van der Waals surface area (Å²) in [5, 5.41) is 4.08. The summed E-state index contributed by atoms with van der Waals surface area (Å²) in [6.07, 6.45) is 4.89. The summed E-state index contributed by atoms with van der Waals surface area (Å²) in [5.41, 5.74) is 5.61. The third kappa shape index (κ3) is 4.44. The number of hydrogen-bond donors (Lipinski definition) is 1. The fraction of sp³-hybridized carbons (Fsp3) is 0.636. The molecule has 0 radical (unpaired) electrons. The second kappa shape index (κ2) is 6.27. The Morgan fingerprint density at radius 1 is 1.62 bits per heavy atom. The number of nitrogens with zero attached hydrogens (tertiary/aromatic N) is 3. The first-order chi connectivity index (χ1) is 7.59. The van der Waals surface area contributed by atoms with Gasteiger partial charge in [-0.05, 0) is 19.4 Å². The zero-order chi connectivity index (χ0) is 12.0. The summed E-state index contributed by atoms with van der Waals surface area (Å²) in [6.45, 7) is 3.32. The van der Waals surface area contributed by atoms with E-state index < -0.39 is 0 Å². The summed E-state index contributed by atoms with van der Waals surface area (Å²) in [7, 11) is 1.81. The summed E-state index contributed by atoms with van der Waals surface area (Å²) >= 11 is 0. The maximum atomic E-state index is 11.6. The smallest absolute Gasteiger partial charge is 0.222 e. The molecule has 2 N–H and O–H groups in total. The Morgan fingerprint density at radius 3 is 2.94 bits per heavy atom. The van der Waals surface area contributed by atoms with Crippen LogP contribution in [0.2, 0.25) is 0 Å². The van der Waals surface area contributed by atoms with Crippen LogP contribution < -0.4 is 5.73 Å². The molecule has 0 bridgehead atoms. The molecule has 1 aromatic rings. The van der Waals surface area contributed by atoms with E-state index in [4.69, 9.17) is 5.73 Å². The summed E-state index contributed by atoms with van der Waals surface area (Å²) in [4.78, 5) is 13.4. The van der Waals surface area contributed by atoms with Crippen LogP contribution in [0.1, 0.15) is 19.8 Å². The van der Waals surface area contributed by atoms with Crippen LogP contribution in [0, 0.1) is 0 Å². The normalized spacial score (nSPS) is 12.4. The second-order valence-corrected chi connectivity index (χ2v) is 4.10. The molecule has 0 saturated carbocycles. The van der Waals surface area contributed by atoms with E-state index in [1.807, 2.05) is 30.9 Å². The quantitative estimate of drug-likeness (QED) is 0.764. The molecule has 1 heterocycles. The number of hydrogen-bond acceptors (Lipinski definition) is 3. The predicted octanol–water partition coefficient (Wildman–Crippen LogP) is 0.469. The molecule has 0 aliphatic carbocycles. The Labute approximate surface area is 96.2 Å². The predicted molar refractivity (Wildman–Crippen MR) is 62.7 cm³/mol. The molecule has 0 spiro atoms. The molecule has 0 aromatic carbocycles. The number of amides is 1. The molecule has 16 heavy (non-hydrogen) atoms. The molecule has 1 atom stereocenters. The van der Waals surface area contributed by atoms with Crippen molar-refractivity contribution in [1.82, 2.24) is 14.7 Å². The molecular weight excluding hydrogens is 204 g/mol. The maximum absolute atomic E-state index is 11.6. The van der Waals surface area contributed by atoms with Crippen LogP contribution in [0.3, 0.4) is 0 Å². The minimum Gasteiger partial charge on any atom is -0.344 e. The van der Waals surface area contributed by atoms with Crippen LogP contribution in [-0.2, 0) is 11.3 Å². The molecule has 5 heteroatoms. The molecule has 0 fully saturated rings. The van der Waals surface area contributed by atoms with Crippen molar-refractivity contribution in [2.24, 2.45) is 5.73 Å². The molecule has 0 aliphatic heterocycles. The van der Waals surface area contributed by atoms with Gasteiger partial charge in [-0.2, -0.15) is 5.10 Å². The van der Waals surface area contributed by atoms with Gasteiger partial charge in [-0.15, -0.1) is 0 Å². The number of carbonyl (C=O) groups is 1. The number of likely N-dealkylation sites (N-methyl/N-ethyl adjacent to an activating group) is 1. The zero-order valence-electron chi connectivity index (χ0n) is 9.97. The highest BCUT2D eigenvalue weighted by molar-refractivity contribution is 5.75. The zero-order valence-corrected chi connectivity index (χ0v) is 9.97. The molecule has 1 rings (SSSR count). The summed E-state index contributed by atoms with van der Waals surface area (Å²) in [6, 6.07) is 1.96. The fourth-order valence-corrected chi connectivity index (χ4v) is 1.35. The molecule has 90 valence electrons. The SMILES string of the molecule is CC(N)CCC(=O)N(C)CCn1cccn1. The van der Waals surface area contributed by atoms with Crippen molar-refractivity contribution in [2.45, 2.75) is 32.4 Å². The van der Waals surface area contributed by atoms with Crippen LogP contribution in [0.4, 0.5) is 0 Å². The number of rotatable bonds is 6. The van der Waals surface area contributed by atoms with Gasteiger partial charge in [0.05, 0.1) is 6.54 Å². The third-order valence-electron chi connectivity index (χ3n) is 2.46. The van der Waals surface area contributed by atoms with Crippen LogP contribution in [0.25, 0.3) is 0 Å². The van der Waals surface area contributed by atoms with Crippen molar-refractivity contribution in [1.29, 1.82) is 0 Å². The van der Waals surface area contributed by atoms with E-state index in [0.717, 1.165) is 13.0 Å². The lowest BCUT2D eigenvalue weighted by Crippen LogP contribution is -2.31. The van der Waals surface area contributed by atoms with E-state index in [1.165, 1.54) is 0 Å². The molecule has 1 unspecified atom stereocenters. The van der Waals surface area contributed by atoms with Gasteiger partial charge >= 0.3 is 0 Å². The lowest BCUT2D eigenvalue weighted by molar-refractivity contribution is -0.130. The average molecular weight is 224 g/mol. The minimum absolute atomic E-state index is 0.0865. The van der Waals surface area contributed by atoms with Gasteiger partial charge in [-0.3, -0.25) is 9.48 Å². The lowest BCUT2D eigenvalue weighted by Gasteiger charge is -2.17. The summed E-state index contributed by atoms with van der Waals surface area (Å²) in [5.74, 6) is 0.143. The maximum Gasteiger partial charge on any atom is 0.222 e. The van der Waals surface area contributed by atoms with Crippen LogP contribution in [-0.4, -0.2) is 40.2 Å². The van der Waals surface area contributed by atoms with Crippen LogP contribution in [0.5, 0.6) is 0 Å². The van der Waals surface area contributed by atoms with Crippen molar-refractivity contribution >= 4 is 5.91 Å². The van der Waals surface area contributed by atoms with Crippen molar-refractivity contribution in [3.63, 3.8) is 0 Å². The largest absolute Gasteiger partial charge is 0.344 e. The van der Waals surface area contributed by atoms with Gasteiger partial charge in [0.1, 0.15) is 0 Å². The van der Waals surface area contributed by atoms with Crippen molar-refractivity contribution in [2.75, 3.05) is 13.6 Å². The van der Waals surface area contributed by atoms with Crippen LogP contribution >= 0.6 is 0 Å². The van der Waals surface area contributed by atoms with E-state index >= 15 is 0 Å². The van der Waals surface area contributed by atoms with Crippen molar-refractivity contribution in [3.8, 4) is 0 Å². The highest BCUT2D eigenvalue weighted by Crippen LogP contribution is 1.98. The topological polar surface area (TPSA) is 64.2 Å². The molecule has 1 amide bonds. The Kier molecular flexibility index (Phi) is 4.98. The first-order valence-electron chi connectivity index (χ1n) is 5.56. The van der Waals surface area contributed by atoms with Gasteiger partial charge in [0.2, 0.25) is 5.91 Å². The van der Waals surface area contributed by atoms with Gasteiger partial charge in [0.15, 0.2) is 0 Å². The van der Waals surface area contributed by atoms with Crippen LogP contribution in [0.15, 0.2) is 18.5 Å². The van der Waals surface area contributed by atoms with E-state index in [2.05, 4.69) is 5.10 Å². The number of carbonyl (C=O) groups excluding carboxylic acids is 1. The average Bonchev–Trinajstić information content (AvgIpc) is 2.75. The van der Waals surface area contributed by atoms with Crippen molar-refractivity contribution < 1.29 is 4.79 Å². The van der Waals surface area contributed by atoms with Gasteiger partial charge in [0.25, 0.3) is 0 Å². The number of aromatic nitrogens is 2. The van der Waals surface area contributed by atoms with Gasteiger partial charge < -0.3 is 10.6 Å². The molecule has 1 aromatic heterocycles. The summed E-state index contributed by atoms with van der Waals surface area (Å²) < 4.78 is 1.81. The first kappa shape index (κ1) is 12.7.